The van der Waals surface area contributed by atoms with E-state index in [1.807, 2.05) is 17.6 Å². The maximum absolute atomic E-state index is 12.9. The first-order chi connectivity index (χ1) is 11.7. The highest BCUT2D eigenvalue weighted by molar-refractivity contribution is 8.01. The highest BCUT2D eigenvalue weighted by Gasteiger charge is 2.22. The average Bonchev–Trinajstić information content (AvgIpc) is 3.16. The highest BCUT2D eigenvalue weighted by atomic mass is 32.2. The van der Waals surface area contributed by atoms with E-state index in [1.54, 1.807) is 23.1 Å². The Morgan fingerprint density at radius 2 is 2.08 bits per heavy atom. The molecule has 0 aliphatic heterocycles. The summed E-state index contributed by atoms with van der Waals surface area (Å²) in [5, 5.41) is 10.4. The van der Waals surface area contributed by atoms with Crippen LogP contribution in [-0.2, 0) is 12.8 Å². The van der Waals surface area contributed by atoms with Gasteiger partial charge in [0, 0.05) is 23.3 Å². The first-order valence-corrected chi connectivity index (χ1v) is 10.1. The van der Waals surface area contributed by atoms with Gasteiger partial charge in [-0.2, -0.15) is 0 Å². The van der Waals surface area contributed by atoms with Crippen molar-refractivity contribution in [2.45, 2.75) is 43.4 Å². The van der Waals surface area contributed by atoms with Crippen LogP contribution in [0.15, 0.2) is 28.6 Å². The Kier molecular flexibility index (Phi) is 4.41. The van der Waals surface area contributed by atoms with E-state index in [9.17, 15) is 4.79 Å². The quantitative estimate of drug-likeness (QED) is 0.645. The van der Waals surface area contributed by atoms with Gasteiger partial charge in [-0.1, -0.05) is 41.3 Å². The fraction of sp³-hybridized carbons (Fsp3) is 0.389. The van der Waals surface area contributed by atoms with Crippen molar-refractivity contribution in [2.24, 2.45) is 0 Å². The summed E-state index contributed by atoms with van der Waals surface area (Å²) in [7, 11) is 0. The van der Waals surface area contributed by atoms with Gasteiger partial charge in [-0.3, -0.25) is 9.36 Å². The number of carbonyl (C=O) groups is 1. The SMILES string of the molecule is Cc1nnc(SCCC(=O)n2c3c(c4ccccc42)CCCC3)s1. The molecule has 0 unspecified atom stereocenters. The number of hydrogen-bond acceptors (Lipinski definition) is 5. The summed E-state index contributed by atoms with van der Waals surface area (Å²) in [5.74, 6) is 0.942. The van der Waals surface area contributed by atoms with Crippen molar-refractivity contribution in [1.82, 2.24) is 14.8 Å². The molecule has 1 aromatic carbocycles. The summed E-state index contributed by atoms with van der Waals surface area (Å²) >= 11 is 3.21. The number of benzene rings is 1. The second-order valence-corrected chi connectivity index (χ2v) is 8.59. The molecular formula is C18H19N3OS2. The van der Waals surface area contributed by atoms with E-state index in [0.717, 1.165) is 33.5 Å². The summed E-state index contributed by atoms with van der Waals surface area (Å²) in [5.41, 5.74) is 3.70. The largest absolute Gasteiger partial charge is 0.284 e. The number of aromatic nitrogens is 3. The fourth-order valence-corrected chi connectivity index (χ4v) is 5.27. The van der Waals surface area contributed by atoms with E-state index >= 15 is 0 Å². The molecule has 0 N–H and O–H groups in total. The molecule has 1 aliphatic carbocycles. The molecule has 4 rings (SSSR count). The van der Waals surface area contributed by atoms with Crippen LogP contribution >= 0.6 is 23.1 Å². The zero-order valence-corrected chi connectivity index (χ0v) is 15.3. The van der Waals surface area contributed by atoms with Crippen molar-refractivity contribution in [2.75, 3.05) is 5.75 Å². The molecule has 0 saturated carbocycles. The normalized spacial score (nSPS) is 14.0. The molecule has 3 aromatic rings. The van der Waals surface area contributed by atoms with Gasteiger partial charge in [-0.15, -0.1) is 10.2 Å². The molecule has 0 spiro atoms. The molecule has 1 aliphatic rings. The van der Waals surface area contributed by atoms with Crippen LogP contribution in [0.5, 0.6) is 0 Å². The molecule has 24 heavy (non-hydrogen) atoms. The van der Waals surface area contributed by atoms with Crippen molar-refractivity contribution in [3.8, 4) is 0 Å². The van der Waals surface area contributed by atoms with Crippen molar-refractivity contribution >= 4 is 39.9 Å². The van der Waals surface area contributed by atoms with Crippen LogP contribution in [0.25, 0.3) is 10.9 Å². The van der Waals surface area contributed by atoms with Crippen LogP contribution in [0, 0.1) is 6.92 Å². The minimum absolute atomic E-state index is 0.197. The maximum atomic E-state index is 12.9. The van der Waals surface area contributed by atoms with Crippen molar-refractivity contribution in [3.05, 3.63) is 40.5 Å². The Bertz CT molecular complexity index is 897. The summed E-state index contributed by atoms with van der Waals surface area (Å²) in [6.45, 7) is 1.95. The van der Waals surface area contributed by atoms with E-state index in [-0.39, 0.29) is 5.91 Å². The van der Waals surface area contributed by atoms with Gasteiger partial charge >= 0.3 is 0 Å². The molecule has 0 amide bonds. The van der Waals surface area contributed by atoms with Gasteiger partial charge in [0.05, 0.1) is 5.52 Å². The standard InChI is InChI=1S/C18H19N3OS2/c1-12-19-20-18(24-12)23-11-10-17(22)21-15-8-4-2-6-13(15)14-7-3-5-9-16(14)21/h2,4,6,8H,3,5,7,9-11H2,1H3. The van der Waals surface area contributed by atoms with Crippen LogP contribution in [0.2, 0.25) is 0 Å². The van der Waals surface area contributed by atoms with Gasteiger partial charge < -0.3 is 0 Å². The number of thioether (sulfide) groups is 1. The minimum Gasteiger partial charge on any atom is -0.284 e. The van der Waals surface area contributed by atoms with Crippen LogP contribution in [-0.4, -0.2) is 26.4 Å². The Labute approximate surface area is 149 Å². The van der Waals surface area contributed by atoms with Crippen LogP contribution < -0.4 is 0 Å². The lowest BCUT2D eigenvalue weighted by atomic mass is 9.95. The van der Waals surface area contributed by atoms with Crippen molar-refractivity contribution in [3.63, 3.8) is 0 Å². The topological polar surface area (TPSA) is 47.8 Å². The summed E-state index contributed by atoms with van der Waals surface area (Å²) < 4.78 is 2.93. The first kappa shape index (κ1) is 15.8. The lowest BCUT2D eigenvalue weighted by Gasteiger charge is -2.15. The zero-order chi connectivity index (χ0) is 16.5. The monoisotopic (exact) mass is 357 g/mol. The average molecular weight is 358 g/mol. The van der Waals surface area contributed by atoms with Gasteiger partial charge in [-0.05, 0) is 44.2 Å². The second kappa shape index (κ2) is 6.69. The minimum atomic E-state index is 0.197. The van der Waals surface area contributed by atoms with Gasteiger partial charge in [0.15, 0.2) is 4.34 Å². The number of nitrogens with zero attached hydrogens (tertiary/aromatic N) is 3. The van der Waals surface area contributed by atoms with Gasteiger partial charge in [-0.25, -0.2) is 0 Å². The van der Waals surface area contributed by atoms with E-state index < -0.39 is 0 Å². The lowest BCUT2D eigenvalue weighted by molar-refractivity contribution is 0.0912. The number of fused-ring (bicyclic) bond motifs is 3. The Morgan fingerprint density at radius 3 is 2.92 bits per heavy atom. The third kappa shape index (κ3) is 2.89. The molecule has 2 heterocycles. The molecule has 0 fully saturated rings. The number of para-hydroxylation sites is 1. The number of aryl methyl sites for hydroxylation is 2. The molecule has 0 atom stereocenters. The Balaban J connectivity index is 1.57. The second-order valence-electron chi connectivity index (χ2n) is 6.06. The van der Waals surface area contributed by atoms with Crippen LogP contribution in [0.4, 0.5) is 0 Å². The van der Waals surface area contributed by atoms with Gasteiger partial charge in [0.25, 0.3) is 0 Å². The summed E-state index contributed by atoms with van der Waals surface area (Å²) in [6.07, 6.45) is 5.03. The summed E-state index contributed by atoms with van der Waals surface area (Å²) in [4.78, 5) is 12.9. The number of hydrogen-bond donors (Lipinski definition) is 0. The van der Waals surface area contributed by atoms with Gasteiger partial charge in [0.1, 0.15) is 5.01 Å². The third-order valence-electron chi connectivity index (χ3n) is 4.48. The molecule has 4 nitrogen and oxygen atoms in total. The highest BCUT2D eigenvalue weighted by Crippen LogP contribution is 2.32. The van der Waals surface area contributed by atoms with Crippen LogP contribution in [0.3, 0.4) is 0 Å². The fourth-order valence-electron chi connectivity index (χ4n) is 3.45. The lowest BCUT2D eigenvalue weighted by Crippen LogP contribution is -2.16. The first-order valence-electron chi connectivity index (χ1n) is 8.31. The van der Waals surface area contributed by atoms with Crippen molar-refractivity contribution in [1.29, 1.82) is 0 Å². The smallest absolute Gasteiger partial charge is 0.232 e. The van der Waals surface area contributed by atoms with Crippen LogP contribution in [0.1, 0.15) is 40.3 Å². The number of rotatable bonds is 4. The van der Waals surface area contributed by atoms with E-state index in [0.29, 0.717) is 6.42 Å². The van der Waals surface area contributed by atoms with E-state index in [2.05, 4.69) is 28.4 Å². The zero-order valence-electron chi connectivity index (χ0n) is 13.6. The Morgan fingerprint density at radius 1 is 1.25 bits per heavy atom. The Hall–Kier alpha value is -1.66. The van der Waals surface area contributed by atoms with Gasteiger partial charge in [0.2, 0.25) is 5.91 Å². The molecule has 0 radical (unpaired) electrons. The maximum Gasteiger partial charge on any atom is 0.232 e. The molecule has 124 valence electrons. The summed E-state index contributed by atoms with van der Waals surface area (Å²) in [6, 6.07) is 8.32. The van der Waals surface area contributed by atoms with E-state index in [4.69, 9.17) is 0 Å². The third-order valence-corrected chi connectivity index (χ3v) is 6.45. The molecule has 2 aromatic heterocycles. The van der Waals surface area contributed by atoms with E-state index in [1.165, 1.54) is 29.5 Å². The number of carbonyl (C=O) groups excluding carboxylic acids is 1. The predicted molar refractivity (Wildman–Crippen MR) is 99.2 cm³/mol. The molecule has 0 saturated heterocycles. The molecule has 6 heteroatoms. The predicted octanol–water partition coefficient (Wildman–Crippen LogP) is 4.50. The van der Waals surface area contributed by atoms with Crippen molar-refractivity contribution < 1.29 is 4.79 Å². The molecule has 0 bridgehead atoms. The molecular weight excluding hydrogens is 338 g/mol.